The molecule has 1 fully saturated rings. The first-order valence-electron chi connectivity index (χ1n) is 11.1. The van der Waals surface area contributed by atoms with Crippen molar-refractivity contribution in [2.75, 3.05) is 37.6 Å². The molecule has 6 heteroatoms. The molecular weight excluding hydrogens is 410 g/mol. The van der Waals surface area contributed by atoms with Gasteiger partial charge in [-0.15, -0.1) is 5.06 Å². The highest BCUT2D eigenvalue weighted by atomic mass is 35.5. The number of benzene rings is 2. The number of aryl methyl sites for hydroxylation is 1. The van der Waals surface area contributed by atoms with E-state index in [1.165, 1.54) is 40.8 Å². The minimum Gasteiger partial charge on any atom is -0.372 e. The second kappa shape index (κ2) is 10.2. The Labute approximate surface area is 189 Å². The molecule has 5 nitrogen and oxygen atoms in total. The van der Waals surface area contributed by atoms with Crippen LogP contribution >= 0.6 is 11.6 Å². The van der Waals surface area contributed by atoms with Crippen LogP contribution in [0.3, 0.4) is 0 Å². The molecule has 0 saturated carbocycles. The molecule has 2 heterocycles. The van der Waals surface area contributed by atoms with E-state index in [0.29, 0.717) is 19.6 Å². The smallest absolute Gasteiger partial charge is 0.372 e. The molecule has 0 atom stereocenters. The molecule has 2 aliphatic rings. The molecule has 1 saturated heterocycles. The van der Waals surface area contributed by atoms with Crippen LogP contribution in [0.1, 0.15) is 36.0 Å². The van der Waals surface area contributed by atoms with Crippen LogP contribution < -0.4 is 10.2 Å². The number of hydroxylamine groups is 2. The van der Waals surface area contributed by atoms with Gasteiger partial charge in [0.15, 0.2) is 0 Å². The van der Waals surface area contributed by atoms with Crippen LogP contribution in [-0.4, -0.2) is 43.9 Å². The Bertz CT molecular complexity index is 936. The molecule has 2 aliphatic heterocycles. The van der Waals surface area contributed by atoms with Crippen LogP contribution in [0.15, 0.2) is 48.5 Å². The summed E-state index contributed by atoms with van der Waals surface area (Å²) in [5.74, 6) is 0. The minimum absolute atomic E-state index is 0.394. The van der Waals surface area contributed by atoms with Gasteiger partial charge in [-0.25, -0.2) is 4.79 Å². The van der Waals surface area contributed by atoms with E-state index in [1.54, 1.807) is 5.06 Å². The number of nitrogens with zero attached hydrogens (tertiary/aromatic N) is 2. The Morgan fingerprint density at radius 2 is 1.87 bits per heavy atom. The number of halogens is 1. The zero-order chi connectivity index (χ0) is 21.6. The predicted molar refractivity (Wildman–Crippen MR) is 126 cm³/mol. The zero-order valence-corrected chi connectivity index (χ0v) is 18.8. The first kappa shape index (κ1) is 21.7. The standard InChI is InChI=1S/C25H30ClN3O2/c1-19-18-24(28-14-2-3-15-28)9-6-20(19)10-13-27-25(30)31-29-16-11-22(12-17-29)21-4-7-23(26)8-5-21/h4-9,11,18H,2-3,10,12-17H2,1H3,(H,27,30). The molecule has 164 valence electrons. The molecule has 1 N–H and O–H groups in total. The van der Waals surface area contributed by atoms with Crippen molar-refractivity contribution in [1.29, 1.82) is 0 Å². The maximum Gasteiger partial charge on any atom is 0.426 e. The van der Waals surface area contributed by atoms with Gasteiger partial charge in [-0.1, -0.05) is 35.9 Å². The van der Waals surface area contributed by atoms with Gasteiger partial charge in [0.25, 0.3) is 0 Å². The second-order valence-electron chi connectivity index (χ2n) is 8.23. The first-order valence-corrected chi connectivity index (χ1v) is 11.5. The second-order valence-corrected chi connectivity index (χ2v) is 8.67. The van der Waals surface area contributed by atoms with Crippen molar-refractivity contribution in [3.05, 3.63) is 70.3 Å². The highest BCUT2D eigenvalue weighted by molar-refractivity contribution is 6.30. The third kappa shape index (κ3) is 5.81. The van der Waals surface area contributed by atoms with E-state index in [4.69, 9.17) is 16.4 Å². The molecule has 0 aromatic heterocycles. The maximum absolute atomic E-state index is 12.2. The van der Waals surface area contributed by atoms with Crippen molar-refractivity contribution < 1.29 is 9.63 Å². The van der Waals surface area contributed by atoms with Crippen LogP contribution in [0.4, 0.5) is 10.5 Å². The summed E-state index contributed by atoms with van der Waals surface area (Å²) in [5.41, 5.74) is 6.26. The molecule has 1 amide bonds. The Morgan fingerprint density at radius 3 is 2.55 bits per heavy atom. The van der Waals surface area contributed by atoms with Gasteiger partial charge < -0.3 is 15.1 Å². The lowest BCUT2D eigenvalue weighted by atomic mass is 10.0. The van der Waals surface area contributed by atoms with Gasteiger partial charge in [-0.2, -0.15) is 0 Å². The van der Waals surface area contributed by atoms with Crippen LogP contribution in [0, 0.1) is 6.92 Å². The van der Waals surface area contributed by atoms with E-state index in [9.17, 15) is 4.79 Å². The molecule has 0 bridgehead atoms. The number of carbonyl (C=O) groups is 1. The summed E-state index contributed by atoms with van der Waals surface area (Å²) < 4.78 is 0. The monoisotopic (exact) mass is 439 g/mol. The van der Waals surface area contributed by atoms with Crippen molar-refractivity contribution in [2.45, 2.75) is 32.6 Å². The normalized spacial score (nSPS) is 16.8. The molecule has 0 unspecified atom stereocenters. The topological polar surface area (TPSA) is 44.8 Å². The molecule has 0 radical (unpaired) electrons. The number of rotatable bonds is 6. The van der Waals surface area contributed by atoms with Crippen molar-refractivity contribution in [3.63, 3.8) is 0 Å². The average Bonchev–Trinajstić information content (AvgIpc) is 3.31. The minimum atomic E-state index is -0.394. The van der Waals surface area contributed by atoms with Gasteiger partial charge in [0.05, 0.1) is 6.54 Å². The first-order chi connectivity index (χ1) is 15.1. The van der Waals surface area contributed by atoms with Gasteiger partial charge in [0, 0.05) is 36.9 Å². The lowest BCUT2D eigenvalue weighted by molar-refractivity contribution is -0.0912. The zero-order valence-electron chi connectivity index (χ0n) is 18.1. The van der Waals surface area contributed by atoms with Crippen molar-refractivity contribution in [2.24, 2.45) is 0 Å². The van der Waals surface area contributed by atoms with Gasteiger partial charge in [0.1, 0.15) is 0 Å². The van der Waals surface area contributed by atoms with E-state index in [-0.39, 0.29) is 0 Å². The number of amides is 1. The van der Waals surface area contributed by atoms with Crippen LogP contribution in [-0.2, 0) is 11.3 Å². The number of anilines is 1. The number of hydrogen-bond donors (Lipinski definition) is 1. The number of carbonyl (C=O) groups excluding carboxylic acids is 1. The van der Waals surface area contributed by atoms with Crippen molar-refractivity contribution >= 4 is 29.0 Å². The largest absolute Gasteiger partial charge is 0.426 e. The fourth-order valence-electron chi connectivity index (χ4n) is 4.24. The van der Waals surface area contributed by atoms with E-state index in [2.05, 4.69) is 41.4 Å². The van der Waals surface area contributed by atoms with E-state index < -0.39 is 6.09 Å². The lowest BCUT2D eigenvalue weighted by Gasteiger charge is -2.25. The summed E-state index contributed by atoms with van der Waals surface area (Å²) >= 11 is 5.96. The fourth-order valence-corrected chi connectivity index (χ4v) is 4.37. The van der Waals surface area contributed by atoms with Gasteiger partial charge in [0.2, 0.25) is 0 Å². The molecule has 0 aliphatic carbocycles. The summed E-state index contributed by atoms with van der Waals surface area (Å²) in [6.45, 7) is 6.27. The number of nitrogens with one attached hydrogen (secondary N) is 1. The fraction of sp³-hybridized carbons (Fsp3) is 0.400. The highest BCUT2D eigenvalue weighted by Gasteiger charge is 2.17. The summed E-state index contributed by atoms with van der Waals surface area (Å²) in [7, 11) is 0. The van der Waals surface area contributed by atoms with E-state index >= 15 is 0 Å². The van der Waals surface area contributed by atoms with Crippen molar-refractivity contribution in [3.8, 4) is 0 Å². The Balaban J connectivity index is 1.21. The maximum atomic E-state index is 12.2. The molecule has 31 heavy (non-hydrogen) atoms. The summed E-state index contributed by atoms with van der Waals surface area (Å²) in [6, 6.07) is 14.5. The van der Waals surface area contributed by atoms with Gasteiger partial charge in [-0.05, 0) is 79.1 Å². The van der Waals surface area contributed by atoms with Crippen LogP contribution in [0.2, 0.25) is 5.02 Å². The van der Waals surface area contributed by atoms with E-state index in [1.807, 2.05) is 24.3 Å². The molecule has 4 rings (SSSR count). The summed E-state index contributed by atoms with van der Waals surface area (Å²) in [6.07, 6.45) is 5.89. The van der Waals surface area contributed by atoms with Gasteiger partial charge >= 0.3 is 6.09 Å². The molecule has 2 aromatic carbocycles. The quantitative estimate of drug-likeness (QED) is 0.670. The average molecular weight is 440 g/mol. The molecule has 2 aromatic rings. The van der Waals surface area contributed by atoms with E-state index in [0.717, 1.165) is 31.0 Å². The van der Waals surface area contributed by atoms with Crippen LogP contribution in [0.5, 0.6) is 0 Å². The third-order valence-corrected chi connectivity index (χ3v) is 6.31. The SMILES string of the molecule is Cc1cc(N2CCCC2)ccc1CCNC(=O)ON1CC=C(c2ccc(Cl)cc2)CC1. The Kier molecular flexibility index (Phi) is 7.15. The van der Waals surface area contributed by atoms with Crippen LogP contribution in [0.25, 0.3) is 5.57 Å². The molecule has 0 spiro atoms. The predicted octanol–water partition coefficient (Wildman–Crippen LogP) is 5.22. The third-order valence-electron chi connectivity index (χ3n) is 6.06. The summed E-state index contributed by atoms with van der Waals surface area (Å²) in [4.78, 5) is 20.1. The van der Waals surface area contributed by atoms with Crippen molar-refractivity contribution in [1.82, 2.24) is 10.4 Å². The Morgan fingerprint density at radius 1 is 1.10 bits per heavy atom. The highest BCUT2D eigenvalue weighted by Crippen LogP contribution is 2.24. The molecular formula is C25H30ClN3O2. The Hall–Kier alpha value is -2.50. The van der Waals surface area contributed by atoms with Gasteiger partial charge in [-0.3, -0.25) is 0 Å². The summed E-state index contributed by atoms with van der Waals surface area (Å²) in [5, 5.41) is 5.31. The number of hydrogen-bond acceptors (Lipinski definition) is 4. The lowest BCUT2D eigenvalue weighted by Crippen LogP contribution is -2.37.